The predicted octanol–water partition coefficient (Wildman–Crippen LogP) is 2.84. The van der Waals surface area contributed by atoms with E-state index in [1.807, 2.05) is 18.5 Å². The average Bonchev–Trinajstić information content (AvgIpc) is 3.02. The standard InChI is InChI=1S/C16H13FN4OS/c1-9-19-15-14(23-9)12-7-18-21(16(22)13(12)20(15)2)8-10-3-5-11(17)6-4-10/h3-7H,8H2,1-2H3. The highest BCUT2D eigenvalue weighted by molar-refractivity contribution is 7.19. The molecule has 1 aromatic carbocycles. The fourth-order valence-corrected chi connectivity index (χ4v) is 3.73. The summed E-state index contributed by atoms with van der Waals surface area (Å²) in [5, 5.41) is 6.06. The van der Waals surface area contributed by atoms with E-state index in [4.69, 9.17) is 0 Å². The van der Waals surface area contributed by atoms with E-state index in [-0.39, 0.29) is 11.4 Å². The van der Waals surface area contributed by atoms with Gasteiger partial charge >= 0.3 is 0 Å². The lowest BCUT2D eigenvalue weighted by Gasteiger charge is -2.05. The highest BCUT2D eigenvalue weighted by Gasteiger charge is 2.17. The monoisotopic (exact) mass is 328 g/mol. The van der Waals surface area contributed by atoms with Gasteiger partial charge in [-0.3, -0.25) is 4.79 Å². The first kappa shape index (κ1) is 14.1. The number of rotatable bonds is 2. The molecule has 0 saturated carbocycles. The molecule has 0 fully saturated rings. The van der Waals surface area contributed by atoms with Crippen LogP contribution in [-0.2, 0) is 13.6 Å². The minimum absolute atomic E-state index is 0.169. The second-order valence-electron chi connectivity index (χ2n) is 5.44. The van der Waals surface area contributed by atoms with Crippen LogP contribution in [0.25, 0.3) is 21.3 Å². The Balaban J connectivity index is 1.89. The quantitative estimate of drug-likeness (QED) is 0.568. The third kappa shape index (κ3) is 2.16. The van der Waals surface area contributed by atoms with Gasteiger partial charge in [0.05, 0.1) is 22.4 Å². The topological polar surface area (TPSA) is 52.7 Å². The molecular formula is C16H13FN4OS. The van der Waals surface area contributed by atoms with Crippen molar-refractivity contribution in [1.82, 2.24) is 19.3 Å². The molecule has 3 heterocycles. The van der Waals surface area contributed by atoms with Gasteiger partial charge < -0.3 is 4.57 Å². The number of benzene rings is 1. The summed E-state index contributed by atoms with van der Waals surface area (Å²) in [5.74, 6) is -0.298. The first-order valence-corrected chi connectivity index (χ1v) is 7.92. The lowest BCUT2D eigenvalue weighted by molar-refractivity contribution is 0.620. The Labute approximate surface area is 134 Å². The van der Waals surface area contributed by atoms with Gasteiger partial charge in [-0.05, 0) is 24.6 Å². The molecular weight excluding hydrogens is 315 g/mol. The van der Waals surface area contributed by atoms with Gasteiger partial charge in [0.1, 0.15) is 11.3 Å². The summed E-state index contributed by atoms with van der Waals surface area (Å²) in [6.07, 6.45) is 1.71. The number of aryl methyl sites for hydroxylation is 2. The molecule has 0 aliphatic rings. The second kappa shape index (κ2) is 4.99. The summed E-state index contributed by atoms with van der Waals surface area (Å²) in [6, 6.07) is 6.07. The third-order valence-electron chi connectivity index (χ3n) is 3.88. The zero-order valence-corrected chi connectivity index (χ0v) is 13.4. The summed E-state index contributed by atoms with van der Waals surface area (Å²) in [7, 11) is 1.84. The van der Waals surface area contributed by atoms with Crippen molar-refractivity contribution < 1.29 is 4.39 Å². The highest BCUT2D eigenvalue weighted by atomic mass is 32.1. The van der Waals surface area contributed by atoms with E-state index in [0.29, 0.717) is 12.1 Å². The van der Waals surface area contributed by atoms with Gasteiger partial charge in [-0.15, -0.1) is 11.3 Å². The van der Waals surface area contributed by atoms with Crippen molar-refractivity contribution in [3.05, 3.63) is 57.2 Å². The van der Waals surface area contributed by atoms with Crippen LogP contribution in [0.1, 0.15) is 10.6 Å². The molecule has 7 heteroatoms. The smallest absolute Gasteiger partial charge is 0.291 e. The van der Waals surface area contributed by atoms with Crippen LogP contribution in [-0.4, -0.2) is 19.3 Å². The summed E-state index contributed by atoms with van der Waals surface area (Å²) < 4.78 is 17.2. The predicted molar refractivity (Wildman–Crippen MR) is 88.4 cm³/mol. The molecule has 5 nitrogen and oxygen atoms in total. The van der Waals surface area contributed by atoms with E-state index in [9.17, 15) is 9.18 Å². The van der Waals surface area contributed by atoms with Crippen molar-refractivity contribution in [1.29, 1.82) is 0 Å². The van der Waals surface area contributed by atoms with Crippen LogP contribution in [0.15, 0.2) is 35.3 Å². The third-order valence-corrected chi connectivity index (χ3v) is 4.87. The fourth-order valence-electron chi connectivity index (χ4n) is 2.77. The summed E-state index contributed by atoms with van der Waals surface area (Å²) in [4.78, 5) is 17.2. The Morgan fingerprint density at radius 1 is 1.26 bits per heavy atom. The molecule has 0 aliphatic carbocycles. The molecule has 0 saturated heterocycles. The molecule has 0 unspecified atom stereocenters. The normalized spacial score (nSPS) is 11.6. The van der Waals surface area contributed by atoms with Crippen molar-refractivity contribution in [3.63, 3.8) is 0 Å². The molecule has 3 aromatic heterocycles. The van der Waals surface area contributed by atoms with E-state index in [0.717, 1.165) is 26.3 Å². The molecule has 0 radical (unpaired) electrons. The molecule has 0 spiro atoms. The van der Waals surface area contributed by atoms with Crippen molar-refractivity contribution in [2.45, 2.75) is 13.5 Å². The summed E-state index contributed by atoms with van der Waals surface area (Å²) in [5.41, 5.74) is 2.05. The molecule has 0 bridgehead atoms. The zero-order chi connectivity index (χ0) is 16.1. The Hall–Kier alpha value is -2.54. The molecule has 0 atom stereocenters. The van der Waals surface area contributed by atoms with Crippen LogP contribution < -0.4 is 5.56 Å². The maximum Gasteiger partial charge on any atom is 0.291 e. The van der Waals surface area contributed by atoms with Crippen LogP contribution in [0.4, 0.5) is 4.39 Å². The lowest BCUT2D eigenvalue weighted by Crippen LogP contribution is -2.24. The average molecular weight is 328 g/mol. The number of halogens is 1. The first-order valence-electron chi connectivity index (χ1n) is 7.10. The number of hydrogen-bond acceptors (Lipinski definition) is 4. The van der Waals surface area contributed by atoms with E-state index < -0.39 is 0 Å². The molecule has 0 N–H and O–H groups in total. The van der Waals surface area contributed by atoms with Crippen molar-refractivity contribution in [3.8, 4) is 0 Å². The minimum atomic E-state index is -0.298. The van der Waals surface area contributed by atoms with E-state index >= 15 is 0 Å². The van der Waals surface area contributed by atoms with Crippen molar-refractivity contribution in [2.75, 3.05) is 0 Å². The van der Waals surface area contributed by atoms with E-state index in [1.54, 1.807) is 29.7 Å². The molecule has 4 rings (SSSR count). The maximum atomic E-state index is 13.0. The molecule has 0 aliphatic heterocycles. The Morgan fingerprint density at radius 3 is 2.74 bits per heavy atom. The van der Waals surface area contributed by atoms with Crippen LogP contribution in [0, 0.1) is 12.7 Å². The second-order valence-corrected chi connectivity index (χ2v) is 6.64. The maximum absolute atomic E-state index is 13.0. The minimum Gasteiger partial charge on any atom is -0.323 e. The highest BCUT2D eigenvalue weighted by Crippen LogP contribution is 2.30. The van der Waals surface area contributed by atoms with Gasteiger partial charge in [0.15, 0.2) is 5.65 Å². The number of thiazole rings is 1. The van der Waals surface area contributed by atoms with Gasteiger partial charge in [-0.1, -0.05) is 12.1 Å². The first-order chi connectivity index (χ1) is 11.0. The zero-order valence-electron chi connectivity index (χ0n) is 12.6. The van der Waals surface area contributed by atoms with Crippen LogP contribution in [0.5, 0.6) is 0 Å². The number of nitrogens with zero attached hydrogens (tertiary/aromatic N) is 4. The number of fused-ring (bicyclic) bond motifs is 3. The van der Waals surface area contributed by atoms with Gasteiger partial charge in [0.25, 0.3) is 5.56 Å². The summed E-state index contributed by atoms with van der Waals surface area (Å²) in [6.45, 7) is 2.25. The Kier molecular flexibility index (Phi) is 3.05. The Morgan fingerprint density at radius 2 is 2.00 bits per heavy atom. The van der Waals surface area contributed by atoms with E-state index in [1.165, 1.54) is 16.8 Å². The largest absolute Gasteiger partial charge is 0.323 e. The number of hydrogen-bond donors (Lipinski definition) is 0. The molecule has 4 aromatic rings. The van der Waals surface area contributed by atoms with Gasteiger partial charge in [0.2, 0.25) is 0 Å². The van der Waals surface area contributed by atoms with Gasteiger partial charge in [0, 0.05) is 12.4 Å². The van der Waals surface area contributed by atoms with Crippen LogP contribution in [0.3, 0.4) is 0 Å². The molecule has 0 amide bonds. The van der Waals surface area contributed by atoms with Crippen molar-refractivity contribution in [2.24, 2.45) is 7.05 Å². The van der Waals surface area contributed by atoms with Crippen LogP contribution >= 0.6 is 11.3 Å². The van der Waals surface area contributed by atoms with Gasteiger partial charge in [-0.25, -0.2) is 14.1 Å². The van der Waals surface area contributed by atoms with Crippen LogP contribution in [0.2, 0.25) is 0 Å². The Bertz CT molecular complexity index is 1090. The SMILES string of the molecule is Cc1nc2c(s1)c1cnn(Cc3ccc(F)cc3)c(=O)c1n2C. The fraction of sp³-hybridized carbons (Fsp3) is 0.188. The molecule has 116 valence electrons. The van der Waals surface area contributed by atoms with E-state index in [2.05, 4.69) is 10.1 Å². The summed E-state index contributed by atoms with van der Waals surface area (Å²) >= 11 is 1.56. The van der Waals surface area contributed by atoms with Crippen molar-refractivity contribution >= 4 is 32.6 Å². The van der Waals surface area contributed by atoms with Gasteiger partial charge in [-0.2, -0.15) is 5.10 Å². The molecule has 23 heavy (non-hydrogen) atoms. The number of aromatic nitrogens is 4. The lowest BCUT2D eigenvalue weighted by atomic mass is 10.2.